The number of hydrogen-bond acceptors (Lipinski definition) is 2. The molecule has 0 saturated carbocycles. The topological polar surface area (TPSA) is 21.6 Å². The molecule has 0 N–H and O–H groups in total. The number of aryl methyl sites for hydroxylation is 5. The standard InChI is InChI=1S/C26H27NO/c1-16-6-8-21(9-7-16)22-10-11-23(18(3)14-22)24-15-28-26(27-24)25-19(4)12-17(2)13-20(25)5/h6-14,24H,15H2,1-5H3. The fourth-order valence-corrected chi connectivity index (χ4v) is 4.16. The van der Waals surface area contributed by atoms with Gasteiger partial charge in [0.15, 0.2) is 0 Å². The fraction of sp³-hybridized carbons (Fsp3) is 0.269. The number of rotatable bonds is 3. The average molecular weight is 370 g/mol. The van der Waals surface area contributed by atoms with Gasteiger partial charge in [0, 0.05) is 5.56 Å². The Balaban J connectivity index is 1.65. The molecule has 0 spiro atoms. The van der Waals surface area contributed by atoms with Gasteiger partial charge >= 0.3 is 0 Å². The van der Waals surface area contributed by atoms with E-state index < -0.39 is 0 Å². The van der Waals surface area contributed by atoms with Gasteiger partial charge in [0.05, 0.1) is 0 Å². The maximum absolute atomic E-state index is 6.04. The second-order valence-electron chi connectivity index (χ2n) is 7.97. The number of benzene rings is 3. The van der Waals surface area contributed by atoms with Crippen molar-refractivity contribution < 1.29 is 4.74 Å². The highest BCUT2D eigenvalue weighted by molar-refractivity contribution is 5.98. The highest BCUT2D eigenvalue weighted by Crippen LogP contribution is 2.32. The zero-order valence-corrected chi connectivity index (χ0v) is 17.3. The van der Waals surface area contributed by atoms with Gasteiger partial charge < -0.3 is 4.74 Å². The Bertz CT molecular complexity index is 1040. The van der Waals surface area contributed by atoms with Gasteiger partial charge in [-0.3, -0.25) is 0 Å². The second-order valence-corrected chi connectivity index (χ2v) is 7.97. The summed E-state index contributed by atoms with van der Waals surface area (Å²) < 4.78 is 6.04. The van der Waals surface area contributed by atoms with E-state index in [0.717, 1.165) is 11.5 Å². The van der Waals surface area contributed by atoms with Crippen LogP contribution in [0.15, 0.2) is 59.6 Å². The van der Waals surface area contributed by atoms with Crippen LogP contribution in [0, 0.1) is 34.6 Å². The Morgan fingerprint density at radius 3 is 2.00 bits per heavy atom. The summed E-state index contributed by atoms with van der Waals surface area (Å²) in [6.45, 7) is 11.3. The molecule has 1 unspecified atom stereocenters. The molecule has 0 aliphatic carbocycles. The number of hydrogen-bond donors (Lipinski definition) is 0. The van der Waals surface area contributed by atoms with Gasteiger partial charge in [-0.05, 0) is 68.0 Å². The molecule has 28 heavy (non-hydrogen) atoms. The van der Waals surface area contributed by atoms with Crippen molar-refractivity contribution in [2.75, 3.05) is 6.61 Å². The molecular formula is C26H27NO. The summed E-state index contributed by atoms with van der Waals surface area (Å²) in [5.41, 5.74) is 11.1. The molecule has 1 heterocycles. The Morgan fingerprint density at radius 2 is 1.36 bits per heavy atom. The number of aliphatic imine (C=N–C) groups is 1. The van der Waals surface area contributed by atoms with E-state index in [1.165, 1.54) is 44.5 Å². The van der Waals surface area contributed by atoms with Crippen LogP contribution in [0.2, 0.25) is 0 Å². The summed E-state index contributed by atoms with van der Waals surface area (Å²) in [5.74, 6) is 0.780. The van der Waals surface area contributed by atoms with E-state index in [-0.39, 0.29) is 6.04 Å². The molecule has 0 bridgehead atoms. The third-order valence-electron chi connectivity index (χ3n) is 5.56. The van der Waals surface area contributed by atoms with Crippen LogP contribution in [-0.2, 0) is 4.74 Å². The monoisotopic (exact) mass is 369 g/mol. The first-order chi connectivity index (χ1) is 13.4. The SMILES string of the molecule is Cc1ccc(-c2ccc(C3COC(c4c(C)cc(C)cc4C)=N3)c(C)c2)cc1. The molecule has 1 aliphatic heterocycles. The Morgan fingerprint density at radius 1 is 0.714 bits per heavy atom. The highest BCUT2D eigenvalue weighted by atomic mass is 16.5. The Kier molecular flexibility index (Phi) is 4.80. The highest BCUT2D eigenvalue weighted by Gasteiger charge is 2.25. The van der Waals surface area contributed by atoms with Gasteiger partial charge in [-0.15, -0.1) is 0 Å². The fourth-order valence-electron chi connectivity index (χ4n) is 4.16. The molecule has 2 nitrogen and oxygen atoms in total. The molecule has 3 aromatic carbocycles. The molecule has 4 rings (SSSR count). The van der Waals surface area contributed by atoms with Crippen molar-refractivity contribution >= 4 is 5.90 Å². The predicted molar refractivity (Wildman–Crippen MR) is 117 cm³/mol. The van der Waals surface area contributed by atoms with Gasteiger partial charge in [0.1, 0.15) is 12.6 Å². The van der Waals surface area contributed by atoms with Crippen LogP contribution >= 0.6 is 0 Å². The molecule has 142 valence electrons. The minimum Gasteiger partial charge on any atom is -0.475 e. The zero-order valence-electron chi connectivity index (χ0n) is 17.3. The summed E-state index contributed by atoms with van der Waals surface area (Å²) in [6.07, 6.45) is 0. The van der Waals surface area contributed by atoms with Crippen LogP contribution in [-0.4, -0.2) is 12.5 Å². The van der Waals surface area contributed by atoms with Crippen molar-refractivity contribution in [2.45, 2.75) is 40.7 Å². The molecule has 1 atom stereocenters. The molecule has 0 fully saturated rings. The first-order valence-corrected chi connectivity index (χ1v) is 9.89. The van der Waals surface area contributed by atoms with Gasteiger partial charge in [0.25, 0.3) is 0 Å². The minimum absolute atomic E-state index is 0.0576. The van der Waals surface area contributed by atoms with E-state index in [1.807, 2.05) is 0 Å². The lowest BCUT2D eigenvalue weighted by atomic mass is 9.96. The van der Waals surface area contributed by atoms with Crippen molar-refractivity contribution in [3.8, 4) is 11.1 Å². The quantitative estimate of drug-likeness (QED) is 0.522. The van der Waals surface area contributed by atoms with Crippen molar-refractivity contribution in [1.82, 2.24) is 0 Å². The lowest BCUT2D eigenvalue weighted by Crippen LogP contribution is -2.06. The number of ether oxygens (including phenoxy) is 1. The largest absolute Gasteiger partial charge is 0.475 e. The second kappa shape index (κ2) is 7.27. The lowest BCUT2D eigenvalue weighted by Gasteiger charge is -2.12. The predicted octanol–water partition coefficient (Wildman–Crippen LogP) is 6.41. The Hall–Kier alpha value is -2.87. The summed E-state index contributed by atoms with van der Waals surface area (Å²) in [5, 5.41) is 0. The van der Waals surface area contributed by atoms with Crippen LogP contribution < -0.4 is 0 Å². The molecule has 2 heteroatoms. The molecular weight excluding hydrogens is 342 g/mol. The number of nitrogens with zero attached hydrogens (tertiary/aromatic N) is 1. The average Bonchev–Trinajstić information content (AvgIpc) is 3.10. The van der Waals surface area contributed by atoms with E-state index in [1.54, 1.807) is 0 Å². The minimum atomic E-state index is 0.0576. The maximum atomic E-state index is 6.04. The summed E-state index contributed by atoms with van der Waals surface area (Å²) in [4.78, 5) is 4.95. The molecule has 3 aromatic rings. The van der Waals surface area contributed by atoms with E-state index >= 15 is 0 Å². The van der Waals surface area contributed by atoms with Crippen LogP contribution in [0.4, 0.5) is 0 Å². The van der Waals surface area contributed by atoms with Crippen LogP contribution in [0.1, 0.15) is 45.0 Å². The summed E-state index contributed by atoms with van der Waals surface area (Å²) >= 11 is 0. The summed E-state index contributed by atoms with van der Waals surface area (Å²) in [7, 11) is 0. The van der Waals surface area contributed by atoms with E-state index in [2.05, 4.69) is 89.2 Å². The smallest absolute Gasteiger partial charge is 0.217 e. The zero-order chi connectivity index (χ0) is 19.8. The summed E-state index contributed by atoms with van der Waals surface area (Å²) in [6, 6.07) is 19.8. The third-order valence-corrected chi connectivity index (χ3v) is 5.56. The molecule has 0 saturated heterocycles. The molecule has 0 aromatic heterocycles. The maximum Gasteiger partial charge on any atom is 0.217 e. The molecule has 0 radical (unpaired) electrons. The van der Waals surface area contributed by atoms with Gasteiger partial charge in [-0.25, -0.2) is 4.99 Å². The lowest BCUT2D eigenvalue weighted by molar-refractivity contribution is 0.319. The van der Waals surface area contributed by atoms with Gasteiger partial charge in [-0.2, -0.15) is 0 Å². The van der Waals surface area contributed by atoms with Crippen molar-refractivity contribution in [3.05, 3.63) is 93.5 Å². The van der Waals surface area contributed by atoms with E-state index in [4.69, 9.17) is 9.73 Å². The Labute approximate surface area is 167 Å². The van der Waals surface area contributed by atoms with Gasteiger partial charge in [0.2, 0.25) is 5.90 Å². The van der Waals surface area contributed by atoms with E-state index in [0.29, 0.717) is 6.61 Å². The van der Waals surface area contributed by atoms with Crippen molar-refractivity contribution in [1.29, 1.82) is 0 Å². The van der Waals surface area contributed by atoms with Crippen LogP contribution in [0.25, 0.3) is 11.1 Å². The first kappa shape index (κ1) is 18.5. The van der Waals surface area contributed by atoms with Crippen molar-refractivity contribution in [2.24, 2.45) is 4.99 Å². The van der Waals surface area contributed by atoms with Crippen LogP contribution in [0.5, 0.6) is 0 Å². The van der Waals surface area contributed by atoms with E-state index in [9.17, 15) is 0 Å². The molecule has 0 amide bonds. The van der Waals surface area contributed by atoms with Gasteiger partial charge in [-0.1, -0.05) is 65.7 Å². The third kappa shape index (κ3) is 3.47. The molecule has 1 aliphatic rings. The normalized spacial score (nSPS) is 16.0. The van der Waals surface area contributed by atoms with Crippen LogP contribution in [0.3, 0.4) is 0 Å². The van der Waals surface area contributed by atoms with Crippen molar-refractivity contribution in [3.63, 3.8) is 0 Å². The first-order valence-electron chi connectivity index (χ1n) is 9.89.